The van der Waals surface area contributed by atoms with Crippen LogP contribution in [0.1, 0.15) is 12.0 Å². The molecular formula is C10H14N2O2. The highest BCUT2D eigenvalue weighted by molar-refractivity contribution is 5.16. The van der Waals surface area contributed by atoms with E-state index in [1.165, 1.54) is 0 Å². The summed E-state index contributed by atoms with van der Waals surface area (Å²) in [6, 6.07) is 3.78. The number of hydrogen-bond donors (Lipinski definition) is 1. The topological polar surface area (TPSA) is 57.4 Å². The molecule has 2 rings (SSSR count). The molecule has 4 heteroatoms. The molecule has 76 valence electrons. The van der Waals surface area contributed by atoms with Crippen molar-refractivity contribution in [1.82, 2.24) is 4.98 Å². The first-order valence-corrected chi connectivity index (χ1v) is 4.76. The normalized spacial score (nSPS) is 20.6. The summed E-state index contributed by atoms with van der Waals surface area (Å²) >= 11 is 0. The van der Waals surface area contributed by atoms with E-state index in [9.17, 15) is 0 Å². The van der Waals surface area contributed by atoms with Gasteiger partial charge in [-0.2, -0.15) is 0 Å². The largest absolute Gasteiger partial charge is 0.345 e. The van der Waals surface area contributed by atoms with Crippen LogP contribution in [-0.4, -0.2) is 24.7 Å². The zero-order valence-corrected chi connectivity index (χ0v) is 7.98. The van der Waals surface area contributed by atoms with Gasteiger partial charge in [-0.05, 0) is 12.5 Å². The van der Waals surface area contributed by atoms with Crippen LogP contribution < -0.4 is 5.73 Å². The van der Waals surface area contributed by atoms with E-state index < -0.39 is 5.79 Å². The van der Waals surface area contributed by atoms with Crippen molar-refractivity contribution in [2.75, 3.05) is 19.8 Å². The van der Waals surface area contributed by atoms with Gasteiger partial charge < -0.3 is 15.2 Å². The maximum atomic E-state index is 5.69. The van der Waals surface area contributed by atoms with Crippen molar-refractivity contribution in [1.29, 1.82) is 0 Å². The summed E-state index contributed by atoms with van der Waals surface area (Å²) in [5, 5.41) is 0. The molecular weight excluding hydrogens is 180 g/mol. The fourth-order valence-corrected chi connectivity index (χ4v) is 1.57. The van der Waals surface area contributed by atoms with Crippen molar-refractivity contribution < 1.29 is 9.47 Å². The highest BCUT2D eigenvalue weighted by Gasteiger charge is 2.35. The van der Waals surface area contributed by atoms with Gasteiger partial charge in [0.15, 0.2) is 0 Å². The number of aromatic nitrogens is 1. The third kappa shape index (κ3) is 1.64. The molecule has 1 aromatic rings. The number of ether oxygens (including phenoxy) is 2. The molecule has 4 nitrogen and oxygen atoms in total. The Hall–Kier alpha value is -0.970. The molecule has 1 saturated heterocycles. The monoisotopic (exact) mass is 194 g/mol. The van der Waals surface area contributed by atoms with E-state index in [4.69, 9.17) is 15.2 Å². The quantitative estimate of drug-likeness (QED) is 0.750. The lowest BCUT2D eigenvalue weighted by atomic mass is 10.1. The Bertz CT molecular complexity index is 283. The van der Waals surface area contributed by atoms with Crippen LogP contribution in [0.25, 0.3) is 0 Å². The Morgan fingerprint density at radius 2 is 2.21 bits per heavy atom. The second-order valence-electron chi connectivity index (χ2n) is 3.25. The highest BCUT2D eigenvalue weighted by atomic mass is 16.7. The number of pyridine rings is 1. The Balaban J connectivity index is 2.27. The first kappa shape index (κ1) is 9.58. The minimum absolute atomic E-state index is 0.318. The molecule has 1 aliphatic heterocycles. The maximum Gasteiger partial charge on any atom is 0.209 e. The fraction of sp³-hybridized carbons (Fsp3) is 0.500. The third-order valence-corrected chi connectivity index (χ3v) is 2.33. The van der Waals surface area contributed by atoms with Gasteiger partial charge in [0.1, 0.15) is 0 Å². The molecule has 0 aromatic carbocycles. The number of nitrogens with two attached hydrogens (primary N) is 1. The fourth-order valence-electron chi connectivity index (χ4n) is 1.57. The highest BCUT2D eigenvalue weighted by Crippen LogP contribution is 2.28. The van der Waals surface area contributed by atoms with Crippen LogP contribution in [0.4, 0.5) is 0 Å². The number of nitrogens with zero attached hydrogens (tertiary/aromatic N) is 1. The summed E-state index contributed by atoms with van der Waals surface area (Å²) in [5.41, 5.74) is 6.58. The van der Waals surface area contributed by atoms with Gasteiger partial charge in [0.2, 0.25) is 5.79 Å². The van der Waals surface area contributed by atoms with E-state index >= 15 is 0 Å². The molecule has 0 bridgehead atoms. The Morgan fingerprint density at radius 3 is 2.79 bits per heavy atom. The first-order chi connectivity index (χ1) is 6.87. The van der Waals surface area contributed by atoms with Crippen LogP contribution >= 0.6 is 0 Å². The van der Waals surface area contributed by atoms with E-state index in [0.29, 0.717) is 19.8 Å². The van der Waals surface area contributed by atoms with E-state index in [0.717, 1.165) is 12.0 Å². The molecule has 0 radical (unpaired) electrons. The predicted octanol–water partition coefficient (Wildman–Crippen LogP) is 0.630. The van der Waals surface area contributed by atoms with Crippen LogP contribution in [0.15, 0.2) is 24.5 Å². The standard InChI is InChI=1S/C10H14N2O2/c11-8-10(13-5-2-6-14-10)9-3-1-4-12-7-9/h1,3-4,7H,2,5-6,8,11H2. The molecule has 0 unspecified atom stereocenters. The Kier molecular flexibility index (Phi) is 2.77. The van der Waals surface area contributed by atoms with Crippen LogP contribution in [-0.2, 0) is 15.3 Å². The van der Waals surface area contributed by atoms with Crippen LogP contribution in [0.3, 0.4) is 0 Å². The summed E-state index contributed by atoms with van der Waals surface area (Å²) in [6.45, 7) is 1.69. The molecule has 1 fully saturated rings. The second-order valence-corrected chi connectivity index (χ2v) is 3.25. The third-order valence-electron chi connectivity index (χ3n) is 2.33. The lowest BCUT2D eigenvalue weighted by Gasteiger charge is -2.36. The van der Waals surface area contributed by atoms with Gasteiger partial charge in [-0.3, -0.25) is 4.98 Å². The summed E-state index contributed by atoms with van der Waals surface area (Å²) < 4.78 is 11.2. The average molecular weight is 194 g/mol. The lowest BCUT2D eigenvalue weighted by molar-refractivity contribution is -0.269. The van der Waals surface area contributed by atoms with E-state index in [-0.39, 0.29) is 0 Å². The van der Waals surface area contributed by atoms with E-state index in [1.54, 1.807) is 12.4 Å². The van der Waals surface area contributed by atoms with Gasteiger partial charge in [0.25, 0.3) is 0 Å². The molecule has 2 heterocycles. The van der Waals surface area contributed by atoms with Crippen LogP contribution in [0, 0.1) is 0 Å². The molecule has 1 aromatic heterocycles. The van der Waals surface area contributed by atoms with Crippen LogP contribution in [0.5, 0.6) is 0 Å². The van der Waals surface area contributed by atoms with Gasteiger partial charge >= 0.3 is 0 Å². The first-order valence-electron chi connectivity index (χ1n) is 4.76. The minimum atomic E-state index is -0.771. The van der Waals surface area contributed by atoms with Crippen molar-refractivity contribution in [2.24, 2.45) is 5.73 Å². The average Bonchev–Trinajstić information content (AvgIpc) is 2.31. The number of hydrogen-bond acceptors (Lipinski definition) is 4. The maximum absolute atomic E-state index is 5.69. The predicted molar refractivity (Wildman–Crippen MR) is 51.5 cm³/mol. The molecule has 14 heavy (non-hydrogen) atoms. The molecule has 0 amide bonds. The zero-order valence-electron chi connectivity index (χ0n) is 7.98. The molecule has 0 saturated carbocycles. The molecule has 0 atom stereocenters. The van der Waals surface area contributed by atoms with Crippen molar-refractivity contribution in [3.63, 3.8) is 0 Å². The van der Waals surface area contributed by atoms with Crippen molar-refractivity contribution >= 4 is 0 Å². The van der Waals surface area contributed by atoms with Crippen LogP contribution in [0.2, 0.25) is 0 Å². The second kappa shape index (κ2) is 4.04. The van der Waals surface area contributed by atoms with E-state index in [2.05, 4.69) is 4.98 Å². The summed E-state index contributed by atoms with van der Waals surface area (Å²) in [6.07, 6.45) is 4.37. The summed E-state index contributed by atoms with van der Waals surface area (Å²) in [7, 11) is 0. The van der Waals surface area contributed by atoms with Gasteiger partial charge in [-0.25, -0.2) is 0 Å². The van der Waals surface area contributed by atoms with Gasteiger partial charge in [-0.15, -0.1) is 0 Å². The molecule has 0 spiro atoms. The van der Waals surface area contributed by atoms with Crippen molar-refractivity contribution in [2.45, 2.75) is 12.2 Å². The van der Waals surface area contributed by atoms with Gasteiger partial charge in [0.05, 0.1) is 19.8 Å². The van der Waals surface area contributed by atoms with Gasteiger partial charge in [0, 0.05) is 18.0 Å². The van der Waals surface area contributed by atoms with Gasteiger partial charge in [-0.1, -0.05) is 6.07 Å². The Labute approximate surface area is 83.0 Å². The molecule has 2 N–H and O–H groups in total. The zero-order chi connectivity index (χ0) is 9.86. The minimum Gasteiger partial charge on any atom is -0.345 e. The Morgan fingerprint density at radius 1 is 1.43 bits per heavy atom. The van der Waals surface area contributed by atoms with E-state index in [1.807, 2.05) is 12.1 Å². The molecule has 1 aliphatic rings. The molecule has 0 aliphatic carbocycles. The smallest absolute Gasteiger partial charge is 0.209 e. The van der Waals surface area contributed by atoms with Crippen molar-refractivity contribution in [3.05, 3.63) is 30.1 Å². The summed E-state index contributed by atoms with van der Waals surface area (Å²) in [4.78, 5) is 4.04. The summed E-state index contributed by atoms with van der Waals surface area (Å²) in [5.74, 6) is -0.771. The SMILES string of the molecule is NCC1(c2cccnc2)OCCCO1. The lowest BCUT2D eigenvalue weighted by Crippen LogP contribution is -2.44. The van der Waals surface area contributed by atoms with Crippen molar-refractivity contribution in [3.8, 4) is 0 Å². The number of rotatable bonds is 2.